The van der Waals surface area contributed by atoms with Crippen LogP contribution in [-0.4, -0.2) is 60.4 Å². The number of hydrogen-bond acceptors (Lipinski definition) is 6. The van der Waals surface area contributed by atoms with Gasteiger partial charge in [-0.3, -0.25) is 4.55 Å². The van der Waals surface area contributed by atoms with E-state index < -0.39 is 64.0 Å². The molecule has 186 valence electrons. The highest BCUT2D eigenvalue weighted by Crippen LogP contribution is 2.46. The number of carbonyl (C=O) groups is 2. The number of hydrogen-bond donors (Lipinski definition) is 1. The zero-order valence-electron chi connectivity index (χ0n) is 15.9. The summed E-state index contributed by atoms with van der Waals surface area (Å²) in [5.41, 5.74) is -8.53. The van der Waals surface area contributed by atoms with Gasteiger partial charge in [0.1, 0.15) is 5.75 Å². The second-order valence-electron chi connectivity index (χ2n) is 6.19. The third kappa shape index (κ3) is 7.68. The molecule has 0 rings (SSSR count). The first-order valence-corrected chi connectivity index (χ1v) is 9.58. The van der Waals surface area contributed by atoms with Crippen LogP contribution in [0.25, 0.3) is 0 Å². The lowest BCUT2D eigenvalue weighted by Crippen LogP contribution is -2.63. The predicted molar refractivity (Wildman–Crippen MR) is 86.5 cm³/mol. The van der Waals surface area contributed by atoms with Crippen molar-refractivity contribution in [2.75, 3.05) is 5.75 Å². The minimum Gasteiger partial charge on any atom is -0.447 e. The highest BCUT2D eigenvalue weighted by Gasteiger charge is 2.75. The number of allylic oxidation sites excluding steroid dienone is 2. The van der Waals surface area contributed by atoms with E-state index in [2.05, 4.69) is 9.47 Å². The fourth-order valence-corrected chi connectivity index (χ4v) is 2.69. The Bertz CT molecular complexity index is 840. The quantitative estimate of drug-likeness (QED) is 0.175. The van der Waals surface area contributed by atoms with Crippen LogP contribution < -0.4 is 0 Å². The third-order valence-corrected chi connectivity index (χ3v) is 4.52. The average Bonchev–Trinajstić information content (AvgIpc) is 2.53. The first kappa shape index (κ1) is 29.7. The van der Waals surface area contributed by atoms with Crippen molar-refractivity contribution in [3.63, 3.8) is 0 Å². The lowest BCUT2D eigenvalue weighted by molar-refractivity contribution is -0.360. The number of rotatable bonds is 8. The van der Waals surface area contributed by atoms with E-state index >= 15 is 0 Å². The topological polar surface area (TPSA) is 107 Å². The zero-order valence-corrected chi connectivity index (χ0v) is 16.7. The van der Waals surface area contributed by atoms with Gasteiger partial charge in [-0.05, 0) is 13.3 Å². The van der Waals surface area contributed by atoms with E-state index in [4.69, 9.17) is 4.55 Å². The Morgan fingerprint density at radius 3 is 1.47 bits per heavy atom. The molecule has 0 spiro atoms. The number of ether oxygens (including phenoxy) is 2. The molecular weight excluding hydrogens is 495 g/mol. The van der Waals surface area contributed by atoms with Crippen LogP contribution in [0.2, 0.25) is 0 Å². The summed E-state index contributed by atoms with van der Waals surface area (Å²) in [6, 6.07) is 0. The molecule has 0 radical (unpaired) electrons. The van der Waals surface area contributed by atoms with Crippen molar-refractivity contribution in [2.45, 2.75) is 50.0 Å². The molecular formula is C15H15F9O7S. The second kappa shape index (κ2) is 9.68. The van der Waals surface area contributed by atoms with Gasteiger partial charge in [0.15, 0.2) is 0 Å². The molecule has 0 saturated carbocycles. The summed E-state index contributed by atoms with van der Waals surface area (Å²) in [5.74, 6) is -7.12. The summed E-state index contributed by atoms with van der Waals surface area (Å²) in [5, 5.41) is 0. The SMILES string of the molecule is CCC(C)(OC(=O)/C=C/C=C/C(=O)OC(CS(=O)(=O)O)(C(F)(F)F)C(F)(F)F)C(F)(F)F. The molecule has 1 atom stereocenters. The highest BCUT2D eigenvalue weighted by atomic mass is 32.2. The number of halogens is 9. The summed E-state index contributed by atoms with van der Waals surface area (Å²) in [4.78, 5) is 22.8. The lowest BCUT2D eigenvalue weighted by Gasteiger charge is -2.35. The van der Waals surface area contributed by atoms with Crippen LogP contribution in [0.4, 0.5) is 39.5 Å². The van der Waals surface area contributed by atoms with E-state index in [1.165, 1.54) is 0 Å². The van der Waals surface area contributed by atoms with Crippen molar-refractivity contribution in [1.29, 1.82) is 0 Å². The van der Waals surface area contributed by atoms with E-state index in [9.17, 15) is 57.5 Å². The van der Waals surface area contributed by atoms with Gasteiger partial charge in [0, 0.05) is 12.2 Å². The first-order valence-electron chi connectivity index (χ1n) is 7.97. The van der Waals surface area contributed by atoms with E-state index in [1.54, 1.807) is 0 Å². The molecule has 0 aliphatic carbocycles. The lowest BCUT2D eigenvalue weighted by atomic mass is 10.0. The van der Waals surface area contributed by atoms with Crippen molar-refractivity contribution in [1.82, 2.24) is 0 Å². The molecule has 0 saturated heterocycles. The Balaban J connectivity index is 5.60. The van der Waals surface area contributed by atoms with E-state index in [-0.39, 0.29) is 12.2 Å². The van der Waals surface area contributed by atoms with Crippen LogP contribution in [0.3, 0.4) is 0 Å². The maximum Gasteiger partial charge on any atom is 0.438 e. The highest BCUT2D eigenvalue weighted by molar-refractivity contribution is 7.85. The monoisotopic (exact) mass is 510 g/mol. The van der Waals surface area contributed by atoms with Crippen LogP contribution in [0, 0.1) is 0 Å². The molecule has 0 heterocycles. The maximum atomic E-state index is 13.0. The molecule has 1 unspecified atom stereocenters. The van der Waals surface area contributed by atoms with Gasteiger partial charge in [-0.15, -0.1) is 0 Å². The molecule has 0 aliphatic heterocycles. The maximum absolute atomic E-state index is 13.0. The Labute approximate surface area is 174 Å². The molecule has 32 heavy (non-hydrogen) atoms. The molecule has 0 aromatic heterocycles. The molecule has 0 aromatic carbocycles. The molecule has 0 fully saturated rings. The van der Waals surface area contributed by atoms with Crippen molar-refractivity contribution < 1.29 is 71.5 Å². The summed E-state index contributed by atoms with van der Waals surface area (Å²) < 4.78 is 154. The van der Waals surface area contributed by atoms with Crippen LogP contribution in [-0.2, 0) is 29.2 Å². The smallest absolute Gasteiger partial charge is 0.438 e. The van der Waals surface area contributed by atoms with Crippen LogP contribution in [0.1, 0.15) is 20.3 Å². The van der Waals surface area contributed by atoms with Crippen LogP contribution in [0.15, 0.2) is 24.3 Å². The third-order valence-electron chi connectivity index (χ3n) is 3.75. The van der Waals surface area contributed by atoms with Gasteiger partial charge in [-0.25, -0.2) is 9.59 Å². The van der Waals surface area contributed by atoms with Crippen molar-refractivity contribution >= 4 is 22.1 Å². The number of carbonyl (C=O) groups excluding carboxylic acids is 2. The van der Waals surface area contributed by atoms with Gasteiger partial charge in [-0.2, -0.15) is 47.9 Å². The Hall–Kier alpha value is -2.30. The van der Waals surface area contributed by atoms with Gasteiger partial charge in [0.25, 0.3) is 10.1 Å². The number of esters is 2. The minimum atomic E-state index is -6.54. The van der Waals surface area contributed by atoms with Gasteiger partial charge in [0.2, 0.25) is 5.60 Å². The molecule has 0 amide bonds. The van der Waals surface area contributed by atoms with E-state index in [0.29, 0.717) is 19.1 Å². The molecule has 7 nitrogen and oxygen atoms in total. The Morgan fingerprint density at radius 1 is 0.812 bits per heavy atom. The van der Waals surface area contributed by atoms with Gasteiger partial charge >= 0.3 is 36.1 Å². The summed E-state index contributed by atoms with van der Waals surface area (Å²) in [7, 11) is -5.97. The molecule has 0 bridgehead atoms. The Kier molecular flexibility index (Phi) is 8.98. The number of alkyl halides is 9. The second-order valence-corrected chi connectivity index (χ2v) is 7.64. The molecule has 0 aliphatic rings. The summed E-state index contributed by atoms with van der Waals surface area (Å²) in [6.45, 7) is 1.58. The fraction of sp³-hybridized carbons (Fsp3) is 0.600. The van der Waals surface area contributed by atoms with Crippen molar-refractivity contribution in [3.05, 3.63) is 24.3 Å². The minimum absolute atomic E-state index is 0.122. The fourth-order valence-electron chi connectivity index (χ4n) is 1.79. The van der Waals surface area contributed by atoms with Crippen molar-refractivity contribution in [3.8, 4) is 0 Å². The van der Waals surface area contributed by atoms with Gasteiger partial charge < -0.3 is 9.47 Å². The van der Waals surface area contributed by atoms with Crippen LogP contribution >= 0.6 is 0 Å². The predicted octanol–water partition coefficient (Wildman–Crippen LogP) is 3.67. The molecule has 17 heteroatoms. The normalized spacial score (nSPS) is 16.2. The van der Waals surface area contributed by atoms with E-state index in [0.717, 1.165) is 6.92 Å². The van der Waals surface area contributed by atoms with Crippen molar-refractivity contribution in [2.24, 2.45) is 0 Å². The molecule has 0 aromatic rings. The zero-order chi connectivity index (χ0) is 25.8. The van der Waals surface area contributed by atoms with Gasteiger partial charge in [0.05, 0.1) is 0 Å². The average molecular weight is 510 g/mol. The summed E-state index contributed by atoms with van der Waals surface area (Å²) in [6.07, 6.45) is -17.8. The Morgan fingerprint density at radius 2 is 1.19 bits per heavy atom. The standard InChI is InChI=1S/C15H15F9O7S/c1-3-11(2,13(16,17)18)30-9(25)6-4-5-7-10(26)31-12(14(19,20)21,15(22,23)24)8-32(27,28)29/h4-7H,3,8H2,1-2H3,(H,27,28,29)/b6-4+,7-5+. The van der Waals surface area contributed by atoms with Gasteiger partial charge in [-0.1, -0.05) is 19.1 Å². The van der Waals surface area contributed by atoms with Crippen LogP contribution in [0.5, 0.6) is 0 Å². The van der Waals surface area contributed by atoms with E-state index in [1.807, 2.05) is 0 Å². The summed E-state index contributed by atoms with van der Waals surface area (Å²) >= 11 is 0. The largest absolute Gasteiger partial charge is 0.447 e. The molecule has 1 N–H and O–H groups in total. The first-order chi connectivity index (χ1) is 14.0.